The predicted octanol–water partition coefficient (Wildman–Crippen LogP) is 4.78. The van der Waals surface area contributed by atoms with E-state index >= 15 is 0 Å². The zero-order chi connectivity index (χ0) is 23.1. The van der Waals surface area contributed by atoms with Crippen LogP contribution < -0.4 is 9.80 Å². The fourth-order valence-electron chi connectivity index (χ4n) is 4.78. The molecule has 2 aromatic carbocycles. The van der Waals surface area contributed by atoms with Gasteiger partial charge in [-0.3, -0.25) is 9.59 Å². The van der Waals surface area contributed by atoms with Crippen LogP contribution in [0.4, 0.5) is 11.4 Å². The number of carbonyl (C=O) groups is 2. The molecule has 2 aliphatic rings. The van der Waals surface area contributed by atoms with Crippen LogP contribution in [0.5, 0.6) is 0 Å². The van der Waals surface area contributed by atoms with Gasteiger partial charge in [0.05, 0.1) is 11.3 Å². The van der Waals surface area contributed by atoms with E-state index in [9.17, 15) is 9.59 Å². The van der Waals surface area contributed by atoms with Gasteiger partial charge in [-0.2, -0.15) is 0 Å². The molecule has 0 atom stereocenters. The van der Waals surface area contributed by atoms with Gasteiger partial charge in [-0.05, 0) is 73.2 Å². The summed E-state index contributed by atoms with van der Waals surface area (Å²) in [6.07, 6.45) is 0. The number of imide groups is 1. The molecular weight excluding hydrogens is 430 g/mol. The lowest BCUT2D eigenvalue weighted by Crippen LogP contribution is -2.47. The van der Waals surface area contributed by atoms with Crippen LogP contribution in [0.2, 0.25) is 0 Å². The summed E-state index contributed by atoms with van der Waals surface area (Å²) in [6.45, 7) is 9.06. The molecule has 5 nitrogen and oxygen atoms in total. The predicted molar refractivity (Wildman–Crippen MR) is 135 cm³/mol. The summed E-state index contributed by atoms with van der Waals surface area (Å²) in [7, 11) is 0. The lowest BCUT2D eigenvalue weighted by atomic mass is 10.1. The van der Waals surface area contributed by atoms with Crippen molar-refractivity contribution in [2.45, 2.75) is 20.8 Å². The molecule has 1 saturated heterocycles. The molecule has 1 fully saturated rings. The second-order valence-electron chi connectivity index (χ2n) is 8.81. The lowest BCUT2D eigenvalue weighted by molar-refractivity contribution is -0.120. The van der Waals surface area contributed by atoms with Crippen LogP contribution in [-0.4, -0.2) is 42.9 Å². The topological polar surface area (TPSA) is 43.9 Å². The fraction of sp³-hybridized carbons (Fsp3) is 0.259. The van der Waals surface area contributed by atoms with E-state index in [4.69, 9.17) is 0 Å². The zero-order valence-electron chi connectivity index (χ0n) is 19.2. The van der Waals surface area contributed by atoms with Gasteiger partial charge in [-0.15, -0.1) is 11.3 Å². The van der Waals surface area contributed by atoms with Gasteiger partial charge in [0.15, 0.2) is 0 Å². The summed E-state index contributed by atoms with van der Waals surface area (Å²) in [6, 6.07) is 18.2. The van der Waals surface area contributed by atoms with Crippen molar-refractivity contribution in [2.75, 3.05) is 36.0 Å². The molecule has 168 valence electrons. The van der Waals surface area contributed by atoms with Crippen molar-refractivity contribution in [1.29, 1.82) is 0 Å². The average Bonchev–Trinajstić information content (AvgIpc) is 3.39. The minimum absolute atomic E-state index is 0.225. The molecule has 3 heterocycles. The van der Waals surface area contributed by atoms with E-state index in [1.165, 1.54) is 27.5 Å². The lowest BCUT2D eigenvalue weighted by Gasteiger charge is -2.37. The number of carbonyl (C=O) groups excluding carboxylic acids is 2. The van der Waals surface area contributed by atoms with E-state index in [0.29, 0.717) is 30.0 Å². The molecule has 6 heteroatoms. The number of amides is 2. The molecular formula is C27H27N3O2S. The fourth-order valence-corrected chi connectivity index (χ4v) is 5.54. The minimum atomic E-state index is -0.233. The Morgan fingerprint density at radius 3 is 2.00 bits per heavy atom. The van der Waals surface area contributed by atoms with Crippen molar-refractivity contribution in [2.24, 2.45) is 0 Å². The molecule has 3 aromatic rings. The summed E-state index contributed by atoms with van der Waals surface area (Å²) in [4.78, 5) is 34.0. The largest absolute Gasteiger partial charge is 0.368 e. The first-order valence-electron chi connectivity index (χ1n) is 11.2. The first kappa shape index (κ1) is 21.5. The zero-order valence-corrected chi connectivity index (χ0v) is 20.0. The number of piperazine rings is 1. The first-order valence-corrected chi connectivity index (χ1v) is 12.1. The summed E-state index contributed by atoms with van der Waals surface area (Å²) in [5.74, 6) is -0.457. The maximum atomic E-state index is 13.7. The number of hydrogen-bond donors (Lipinski definition) is 0. The van der Waals surface area contributed by atoms with Gasteiger partial charge in [0.1, 0.15) is 5.70 Å². The Morgan fingerprint density at radius 1 is 0.697 bits per heavy atom. The standard InChI is InChI=1S/C27H27N3O2S/c1-18-6-4-7-21(15-18)28-9-11-29(12-10-28)25-24(23-8-5-13-33-23)26(31)30(27(25)32)22-16-19(2)14-20(3)17-22/h4-8,13-17H,9-12H2,1-3H3. The number of benzene rings is 2. The normalized spacial score (nSPS) is 16.9. The van der Waals surface area contributed by atoms with Crippen LogP contribution in [-0.2, 0) is 9.59 Å². The SMILES string of the molecule is Cc1cccc(N2CCN(C3=C(c4cccs4)C(=O)N(c4cc(C)cc(C)c4)C3=O)CC2)c1. The van der Waals surface area contributed by atoms with Crippen LogP contribution in [0.25, 0.3) is 5.57 Å². The van der Waals surface area contributed by atoms with Gasteiger partial charge in [-0.1, -0.05) is 24.3 Å². The number of hydrogen-bond acceptors (Lipinski definition) is 5. The number of thiophene rings is 1. The van der Waals surface area contributed by atoms with Crippen LogP contribution in [0.3, 0.4) is 0 Å². The molecule has 0 unspecified atom stereocenters. The molecule has 2 amide bonds. The molecule has 0 N–H and O–H groups in total. The minimum Gasteiger partial charge on any atom is -0.368 e. The van der Waals surface area contributed by atoms with Gasteiger partial charge >= 0.3 is 0 Å². The molecule has 0 saturated carbocycles. The van der Waals surface area contributed by atoms with Crippen LogP contribution >= 0.6 is 11.3 Å². The van der Waals surface area contributed by atoms with Crippen molar-refractivity contribution in [3.8, 4) is 0 Å². The molecule has 33 heavy (non-hydrogen) atoms. The number of nitrogens with zero attached hydrogens (tertiary/aromatic N) is 3. The van der Waals surface area contributed by atoms with Crippen molar-refractivity contribution >= 4 is 40.1 Å². The van der Waals surface area contributed by atoms with Gasteiger partial charge in [0.2, 0.25) is 0 Å². The Hall–Kier alpha value is -3.38. The van der Waals surface area contributed by atoms with Gasteiger partial charge < -0.3 is 9.80 Å². The van der Waals surface area contributed by atoms with Crippen molar-refractivity contribution in [3.63, 3.8) is 0 Å². The van der Waals surface area contributed by atoms with Gasteiger partial charge in [0.25, 0.3) is 11.8 Å². The Bertz CT molecular complexity index is 1230. The van der Waals surface area contributed by atoms with E-state index in [1.54, 1.807) is 0 Å². The third-order valence-electron chi connectivity index (χ3n) is 6.25. The molecule has 0 bridgehead atoms. The Kier molecular flexibility index (Phi) is 5.54. The van der Waals surface area contributed by atoms with E-state index in [1.807, 2.05) is 49.6 Å². The second-order valence-corrected chi connectivity index (χ2v) is 9.75. The second kappa shape index (κ2) is 8.52. The van der Waals surface area contributed by atoms with E-state index in [0.717, 1.165) is 29.1 Å². The first-order chi connectivity index (χ1) is 15.9. The summed E-state index contributed by atoms with van der Waals surface area (Å²) in [5, 5.41) is 1.95. The molecule has 1 aromatic heterocycles. The highest BCUT2D eigenvalue weighted by Crippen LogP contribution is 2.37. The quantitative estimate of drug-likeness (QED) is 0.529. The molecule has 0 radical (unpaired) electrons. The third kappa shape index (κ3) is 3.95. The summed E-state index contributed by atoms with van der Waals surface area (Å²) in [5.41, 5.74) is 6.20. The highest BCUT2D eigenvalue weighted by Gasteiger charge is 2.43. The third-order valence-corrected chi connectivity index (χ3v) is 7.14. The molecule has 0 spiro atoms. The number of rotatable bonds is 4. The highest BCUT2D eigenvalue weighted by atomic mass is 32.1. The number of aryl methyl sites for hydroxylation is 3. The van der Waals surface area contributed by atoms with E-state index in [-0.39, 0.29) is 11.8 Å². The van der Waals surface area contributed by atoms with Crippen LogP contribution in [0.15, 0.2) is 65.7 Å². The molecule has 0 aliphatic carbocycles. The molecule has 2 aliphatic heterocycles. The summed E-state index contributed by atoms with van der Waals surface area (Å²) >= 11 is 1.50. The van der Waals surface area contributed by atoms with Crippen molar-refractivity contribution in [3.05, 3.63) is 87.2 Å². The monoisotopic (exact) mass is 457 g/mol. The highest BCUT2D eigenvalue weighted by molar-refractivity contribution is 7.11. The average molecular weight is 458 g/mol. The van der Waals surface area contributed by atoms with E-state index < -0.39 is 0 Å². The van der Waals surface area contributed by atoms with Gasteiger partial charge in [0, 0.05) is 36.7 Å². The summed E-state index contributed by atoms with van der Waals surface area (Å²) < 4.78 is 0. The van der Waals surface area contributed by atoms with Crippen molar-refractivity contribution in [1.82, 2.24) is 4.90 Å². The Balaban J connectivity index is 1.48. The maximum absolute atomic E-state index is 13.7. The van der Waals surface area contributed by atoms with Crippen LogP contribution in [0.1, 0.15) is 21.6 Å². The Morgan fingerprint density at radius 2 is 1.36 bits per heavy atom. The van der Waals surface area contributed by atoms with Crippen LogP contribution in [0, 0.1) is 20.8 Å². The van der Waals surface area contributed by atoms with Gasteiger partial charge in [-0.25, -0.2) is 4.90 Å². The number of anilines is 2. The Labute approximate surface area is 198 Å². The van der Waals surface area contributed by atoms with E-state index in [2.05, 4.69) is 41.0 Å². The molecule has 5 rings (SSSR count). The smallest absolute Gasteiger partial charge is 0.282 e. The maximum Gasteiger partial charge on any atom is 0.282 e. The van der Waals surface area contributed by atoms with Crippen molar-refractivity contribution < 1.29 is 9.59 Å².